The average molecular weight is 710 g/mol. The Bertz CT molecular complexity index is 3000. The van der Waals surface area contributed by atoms with Gasteiger partial charge in [-0.2, -0.15) is 0 Å². The molecule has 0 saturated carbocycles. The third-order valence-corrected chi connectivity index (χ3v) is 12.0. The third kappa shape index (κ3) is 5.19. The molecule has 0 saturated heterocycles. The lowest BCUT2D eigenvalue weighted by Gasteiger charge is -2.17. The van der Waals surface area contributed by atoms with Crippen LogP contribution in [0.2, 0.25) is 0 Å². The van der Waals surface area contributed by atoms with Crippen molar-refractivity contribution in [3.05, 3.63) is 182 Å². The molecule has 4 nitrogen and oxygen atoms in total. The highest BCUT2D eigenvalue weighted by Crippen LogP contribution is 2.51. The van der Waals surface area contributed by atoms with Crippen LogP contribution < -0.4 is 0 Å². The number of aromatic nitrogens is 3. The summed E-state index contributed by atoms with van der Waals surface area (Å²) in [6.07, 6.45) is 8.91. The van der Waals surface area contributed by atoms with Gasteiger partial charge in [-0.25, -0.2) is 15.0 Å². The Balaban J connectivity index is 1.03. The molecule has 0 radical (unpaired) electrons. The van der Waals surface area contributed by atoms with Gasteiger partial charge in [-0.15, -0.1) is 11.8 Å². The van der Waals surface area contributed by atoms with Crippen LogP contribution in [0.15, 0.2) is 185 Å². The molecule has 1 aliphatic carbocycles. The van der Waals surface area contributed by atoms with E-state index >= 15 is 0 Å². The molecule has 2 atom stereocenters. The highest BCUT2D eigenvalue weighted by Gasteiger charge is 2.34. The summed E-state index contributed by atoms with van der Waals surface area (Å²) in [5.41, 5.74) is 10.4. The largest absolute Gasteiger partial charge is 0.456 e. The van der Waals surface area contributed by atoms with Gasteiger partial charge in [0.2, 0.25) is 0 Å². The van der Waals surface area contributed by atoms with E-state index in [1.807, 2.05) is 30.0 Å². The van der Waals surface area contributed by atoms with Gasteiger partial charge >= 0.3 is 0 Å². The minimum absolute atomic E-state index is 0.281. The first-order valence-corrected chi connectivity index (χ1v) is 19.1. The lowest BCUT2D eigenvalue weighted by atomic mass is 9.89. The Morgan fingerprint density at radius 2 is 1.17 bits per heavy atom. The maximum Gasteiger partial charge on any atom is 0.164 e. The van der Waals surface area contributed by atoms with Gasteiger partial charge in [-0.05, 0) is 75.0 Å². The number of fused-ring (bicyclic) bond motifs is 7. The van der Waals surface area contributed by atoms with Crippen LogP contribution in [-0.2, 0) is 0 Å². The SMILES string of the molecule is C1=CC2Sc3cccc(-c4nc(-c5ccccc5)nc(-c5cccc(-c6cccc7oc8cc(-c9ccc%10ccccc%10c9)ccc8c67)c5)n4)c3C2C=C1. The summed E-state index contributed by atoms with van der Waals surface area (Å²) in [5.74, 6) is 2.27. The van der Waals surface area contributed by atoms with Gasteiger partial charge < -0.3 is 4.42 Å². The van der Waals surface area contributed by atoms with Crippen molar-refractivity contribution in [2.45, 2.75) is 16.1 Å². The third-order valence-electron chi connectivity index (χ3n) is 10.7. The number of nitrogens with zero attached hydrogens (tertiary/aromatic N) is 3. The van der Waals surface area contributed by atoms with Gasteiger partial charge in [-0.3, -0.25) is 0 Å². The molecule has 5 heteroatoms. The Morgan fingerprint density at radius 3 is 2.09 bits per heavy atom. The molecule has 0 fully saturated rings. The number of thioether (sulfide) groups is 1. The molecular formula is C49H31N3OS. The van der Waals surface area contributed by atoms with Crippen molar-refractivity contribution < 1.29 is 4.42 Å². The van der Waals surface area contributed by atoms with Crippen LogP contribution in [0.4, 0.5) is 0 Å². The van der Waals surface area contributed by atoms with Crippen LogP contribution in [0, 0.1) is 0 Å². The molecule has 2 aromatic heterocycles. The highest BCUT2D eigenvalue weighted by atomic mass is 32.2. The average Bonchev–Trinajstić information content (AvgIpc) is 3.82. The lowest BCUT2D eigenvalue weighted by molar-refractivity contribution is 0.669. The van der Waals surface area contributed by atoms with Crippen LogP contribution in [0.5, 0.6) is 0 Å². The van der Waals surface area contributed by atoms with E-state index in [4.69, 9.17) is 19.4 Å². The van der Waals surface area contributed by atoms with E-state index in [2.05, 4.69) is 158 Å². The molecule has 0 spiro atoms. The zero-order valence-corrected chi connectivity index (χ0v) is 29.9. The highest BCUT2D eigenvalue weighted by molar-refractivity contribution is 8.00. The zero-order valence-electron chi connectivity index (χ0n) is 29.1. The molecule has 1 aliphatic heterocycles. The second-order valence-electron chi connectivity index (χ2n) is 13.9. The minimum atomic E-state index is 0.281. The molecule has 2 unspecified atom stereocenters. The van der Waals surface area contributed by atoms with E-state index < -0.39 is 0 Å². The second kappa shape index (κ2) is 12.5. The fourth-order valence-electron chi connectivity index (χ4n) is 8.07. The van der Waals surface area contributed by atoms with Crippen LogP contribution >= 0.6 is 11.8 Å². The van der Waals surface area contributed by atoms with Gasteiger partial charge in [0, 0.05) is 43.5 Å². The first-order valence-electron chi connectivity index (χ1n) is 18.3. The Kier molecular flexibility index (Phi) is 7.20. The van der Waals surface area contributed by atoms with Crippen molar-refractivity contribution in [1.29, 1.82) is 0 Å². The predicted octanol–water partition coefficient (Wildman–Crippen LogP) is 12.9. The number of hydrogen-bond donors (Lipinski definition) is 0. The van der Waals surface area contributed by atoms with Gasteiger partial charge in [0.1, 0.15) is 11.2 Å². The van der Waals surface area contributed by atoms with E-state index in [9.17, 15) is 0 Å². The van der Waals surface area contributed by atoms with Crippen LogP contribution in [-0.4, -0.2) is 20.2 Å². The number of rotatable bonds is 5. The van der Waals surface area contributed by atoms with E-state index in [1.54, 1.807) is 0 Å². The van der Waals surface area contributed by atoms with Crippen LogP contribution in [0.25, 0.3) is 89.1 Å². The maximum atomic E-state index is 6.54. The Hall–Kier alpha value is -6.56. The topological polar surface area (TPSA) is 51.8 Å². The van der Waals surface area contributed by atoms with Gasteiger partial charge in [0.15, 0.2) is 17.5 Å². The lowest BCUT2D eigenvalue weighted by Crippen LogP contribution is -2.09. The molecule has 11 rings (SSSR count). The summed E-state index contributed by atoms with van der Waals surface area (Å²) >= 11 is 1.91. The van der Waals surface area contributed by atoms with Crippen molar-refractivity contribution in [2.75, 3.05) is 0 Å². The first-order chi connectivity index (χ1) is 26.7. The summed E-state index contributed by atoms with van der Waals surface area (Å²) in [7, 11) is 0. The number of benzene rings is 7. The number of furan rings is 1. The van der Waals surface area contributed by atoms with Crippen molar-refractivity contribution in [3.63, 3.8) is 0 Å². The molecule has 54 heavy (non-hydrogen) atoms. The van der Waals surface area contributed by atoms with Crippen molar-refractivity contribution in [2.24, 2.45) is 0 Å². The fourth-order valence-corrected chi connectivity index (χ4v) is 9.44. The predicted molar refractivity (Wildman–Crippen MR) is 222 cm³/mol. The standard InChI is InChI=1S/C49H31N3OS/c1-2-12-31(13-3-1)47-50-48(52-49(51-47)40-19-10-22-44-46(40)39-17-6-7-21-43(39)54-44)36-16-8-15-35(28-36)37-18-9-20-41-45(37)38-26-25-34(29-42(38)53-41)33-24-23-30-11-4-5-14-32(30)27-33/h1-29,39,43H. The molecule has 0 bridgehead atoms. The first kappa shape index (κ1) is 31.0. The molecule has 7 aromatic carbocycles. The van der Waals surface area contributed by atoms with Crippen molar-refractivity contribution in [3.8, 4) is 56.4 Å². The van der Waals surface area contributed by atoms with E-state index in [1.165, 1.54) is 26.8 Å². The van der Waals surface area contributed by atoms with Crippen LogP contribution in [0.1, 0.15) is 11.5 Å². The molecule has 254 valence electrons. The molecule has 0 amide bonds. The van der Waals surface area contributed by atoms with E-state index in [-0.39, 0.29) is 5.92 Å². The summed E-state index contributed by atoms with van der Waals surface area (Å²) in [6.45, 7) is 0. The Morgan fingerprint density at radius 1 is 0.463 bits per heavy atom. The van der Waals surface area contributed by atoms with Gasteiger partial charge in [0.25, 0.3) is 0 Å². The summed E-state index contributed by atoms with van der Waals surface area (Å²) < 4.78 is 6.54. The second-order valence-corrected chi connectivity index (χ2v) is 15.1. The summed E-state index contributed by atoms with van der Waals surface area (Å²) in [4.78, 5) is 16.7. The van der Waals surface area contributed by atoms with Gasteiger partial charge in [0.05, 0.1) is 0 Å². The van der Waals surface area contributed by atoms with Crippen LogP contribution in [0.3, 0.4) is 0 Å². The minimum Gasteiger partial charge on any atom is -0.456 e. The molecule has 9 aromatic rings. The molecule has 3 heterocycles. The molecule has 0 N–H and O–H groups in total. The smallest absolute Gasteiger partial charge is 0.164 e. The quantitative estimate of drug-likeness (QED) is 0.178. The molecular weight excluding hydrogens is 679 g/mol. The Labute approximate surface area is 316 Å². The number of allylic oxidation sites excluding steroid dienone is 3. The van der Waals surface area contributed by atoms with Gasteiger partial charge in [-0.1, -0.05) is 140 Å². The van der Waals surface area contributed by atoms with Crippen molar-refractivity contribution >= 4 is 44.5 Å². The van der Waals surface area contributed by atoms with E-state index in [0.717, 1.165) is 55.3 Å². The van der Waals surface area contributed by atoms with Crippen molar-refractivity contribution in [1.82, 2.24) is 15.0 Å². The number of hydrogen-bond acceptors (Lipinski definition) is 5. The van der Waals surface area contributed by atoms with E-state index in [0.29, 0.717) is 22.7 Å². The monoisotopic (exact) mass is 709 g/mol. The zero-order chi connectivity index (χ0) is 35.6. The normalized spacial score (nSPS) is 15.9. The summed E-state index contributed by atoms with van der Waals surface area (Å²) in [6, 6.07) is 53.2. The summed E-state index contributed by atoms with van der Waals surface area (Å²) in [5, 5.41) is 5.02. The fraction of sp³-hybridized carbons (Fsp3) is 0.0408. The maximum absolute atomic E-state index is 6.54. The molecule has 2 aliphatic rings.